The molecule has 0 spiro atoms. The lowest BCUT2D eigenvalue weighted by molar-refractivity contribution is -0.139. The number of alkyl halides is 1. The van der Waals surface area contributed by atoms with E-state index < -0.39 is 12.6 Å². The molecule has 0 radical (unpaired) electrons. The molecule has 1 aliphatic heterocycles. The molecule has 1 aromatic rings. The molecule has 1 unspecified atom stereocenters. The molecule has 23 heavy (non-hydrogen) atoms. The summed E-state index contributed by atoms with van der Waals surface area (Å²) in [4.78, 5) is 15.4. The molecule has 0 aromatic heterocycles. The van der Waals surface area contributed by atoms with Gasteiger partial charge in [0.05, 0.1) is 6.54 Å². The molecule has 4 nitrogen and oxygen atoms in total. The lowest BCUT2D eigenvalue weighted by Crippen LogP contribution is -2.54. The van der Waals surface area contributed by atoms with Gasteiger partial charge in [-0.2, -0.15) is 0 Å². The van der Waals surface area contributed by atoms with Crippen LogP contribution in [-0.4, -0.2) is 53.1 Å². The van der Waals surface area contributed by atoms with Gasteiger partial charge in [-0.3, -0.25) is 14.6 Å². The van der Waals surface area contributed by atoms with E-state index in [1.807, 2.05) is 23.1 Å². The second kappa shape index (κ2) is 6.97. The van der Waals surface area contributed by atoms with Crippen LogP contribution in [0.4, 0.5) is 4.39 Å². The third-order valence-corrected chi connectivity index (χ3v) is 5.04. The molecular weight excluding hydrogens is 295 g/mol. The lowest BCUT2D eigenvalue weighted by atomic mass is 9.97. The first-order valence-corrected chi connectivity index (χ1v) is 8.43. The highest BCUT2D eigenvalue weighted by atomic mass is 19.1. The molecule has 5 heteroatoms. The maximum Gasteiger partial charge on any atom is 0.317 e. The molecule has 1 saturated carbocycles. The van der Waals surface area contributed by atoms with Crippen molar-refractivity contribution in [1.82, 2.24) is 9.80 Å². The zero-order valence-corrected chi connectivity index (χ0v) is 13.6. The Labute approximate surface area is 136 Å². The van der Waals surface area contributed by atoms with E-state index >= 15 is 0 Å². The van der Waals surface area contributed by atoms with Gasteiger partial charge in [-0.15, -0.1) is 0 Å². The van der Waals surface area contributed by atoms with Gasteiger partial charge in [0, 0.05) is 31.7 Å². The van der Waals surface area contributed by atoms with Crippen LogP contribution in [0.15, 0.2) is 24.3 Å². The zero-order chi connectivity index (χ0) is 16.4. The fraction of sp³-hybridized carbons (Fsp3) is 0.611. The standard InChI is InChI=1S/C18H25FN2O2/c1-13-11-21(8-7-20(13)12-17(22)23)18(15-5-6-15)16-4-2-3-14(9-16)10-19/h2-4,9,13,15,18H,5-8,10-12H2,1H3,(H,22,23)/t13?,18-/m1/s1. The van der Waals surface area contributed by atoms with Gasteiger partial charge < -0.3 is 5.11 Å². The van der Waals surface area contributed by atoms with Crippen molar-refractivity contribution in [3.63, 3.8) is 0 Å². The highest BCUT2D eigenvalue weighted by Gasteiger charge is 2.39. The summed E-state index contributed by atoms with van der Waals surface area (Å²) >= 11 is 0. The third kappa shape index (κ3) is 3.90. The number of hydrogen-bond donors (Lipinski definition) is 1. The summed E-state index contributed by atoms with van der Waals surface area (Å²) in [6, 6.07) is 8.46. The van der Waals surface area contributed by atoms with Gasteiger partial charge in [0.1, 0.15) is 6.67 Å². The number of hydrogen-bond acceptors (Lipinski definition) is 3. The first kappa shape index (κ1) is 16.4. The van der Waals surface area contributed by atoms with E-state index in [2.05, 4.69) is 17.9 Å². The summed E-state index contributed by atoms with van der Waals surface area (Å²) in [5, 5.41) is 9.00. The van der Waals surface area contributed by atoms with Crippen LogP contribution in [0.25, 0.3) is 0 Å². The largest absolute Gasteiger partial charge is 0.480 e. The number of benzene rings is 1. The Morgan fingerprint density at radius 1 is 1.39 bits per heavy atom. The van der Waals surface area contributed by atoms with Crippen molar-refractivity contribution in [3.05, 3.63) is 35.4 Å². The first-order chi connectivity index (χ1) is 11.1. The van der Waals surface area contributed by atoms with Crippen molar-refractivity contribution in [1.29, 1.82) is 0 Å². The number of halogens is 1. The molecule has 2 fully saturated rings. The Bertz CT molecular complexity index is 562. The maximum atomic E-state index is 13.0. The Morgan fingerprint density at radius 3 is 2.78 bits per heavy atom. The number of carboxylic acids is 1. The summed E-state index contributed by atoms with van der Waals surface area (Å²) in [5.41, 5.74) is 1.95. The fourth-order valence-electron chi connectivity index (χ4n) is 3.74. The van der Waals surface area contributed by atoms with Gasteiger partial charge >= 0.3 is 5.97 Å². The van der Waals surface area contributed by atoms with Crippen LogP contribution in [-0.2, 0) is 11.5 Å². The van der Waals surface area contributed by atoms with Gasteiger partial charge in [0.15, 0.2) is 0 Å². The number of aliphatic carboxylic acids is 1. The molecule has 1 aromatic carbocycles. The van der Waals surface area contributed by atoms with E-state index in [1.165, 1.54) is 18.4 Å². The molecular formula is C18H25FN2O2. The molecule has 1 aliphatic carbocycles. The molecule has 1 saturated heterocycles. The van der Waals surface area contributed by atoms with Crippen LogP contribution in [0.3, 0.4) is 0 Å². The summed E-state index contributed by atoms with van der Waals surface area (Å²) < 4.78 is 13.0. The van der Waals surface area contributed by atoms with Crippen molar-refractivity contribution >= 4 is 5.97 Å². The molecule has 126 valence electrons. The molecule has 1 heterocycles. The Kier molecular flexibility index (Phi) is 4.97. The Balaban J connectivity index is 1.73. The average Bonchev–Trinajstić information content (AvgIpc) is 3.35. The van der Waals surface area contributed by atoms with Gasteiger partial charge in [-0.25, -0.2) is 4.39 Å². The van der Waals surface area contributed by atoms with E-state index in [9.17, 15) is 9.18 Å². The Morgan fingerprint density at radius 2 is 2.17 bits per heavy atom. The van der Waals surface area contributed by atoms with Crippen molar-refractivity contribution in [2.24, 2.45) is 5.92 Å². The molecule has 0 amide bonds. The molecule has 0 bridgehead atoms. The predicted octanol–water partition coefficient (Wildman–Crippen LogP) is 2.70. The number of rotatable bonds is 6. The van der Waals surface area contributed by atoms with Crippen LogP contribution in [0.2, 0.25) is 0 Å². The normalized spacial score (nSPS) is 24.5. The number of piperazine rings is 1. The summed E-state index contributed by atoms with van der Waals surface area (Å²) in [6.07, 6.45) is 2.46. The van der Waals surface area contributed by atoms with E-state index in [-0.39, 0.29) is 12.6 Å². The minimum atomic E-state index is -0.764. The highest BCUT2D eigenvalue weighted by molar-refractivity contribution is 5.69. The Hall–Kier alpha value is -1.46. The van der Waals surface area contributed by atoms with Crippen LogP contribution < -0.4 is 0 Å². The third-order valence-electron chi connectivity index (χ3n) is 5.04. The van der Waals surface area contributed by atoms with Crippen molar-refractivity contribution < 1.29 is 14.3 Å². The lowest BCUT2D eigenvalue weighted by Gasteiger charge is -2.43. The smallest absolute Gasteiger partial charge is 0.317 e. The zero-order valence-electron chi connectivity index (χ0n) is 13.6. The molecule has 2 aliphatic rings. The van der Waals surface area contributed by atoms with Gasteiger partial charge in [-0.05, 0) is 36.8 Å². The summed E-state index contributed by atoms with van der Waals surface area (Å²) in [6.45, 7) is 4.30. The SMILES string of the molecule is CC1CN([C@@H](c2cccc(CF)c2)C2CC2)CCN1CC(=O)O. The monoisotopic (exact) mass is 320 g/mol. The average molecular weight is 320 g/mol. The minimum Gasteiger partial charge on any atom is -0.480 e. The molecule has 2 atom stereocenters. The molecule has 3 rings (SSSR count). The maximum absolute atomic E-state index is 13.0. The quantitative estimate of drug-likeness (QED) is 0.875. The molecule has 1 N–H and O–H groups in total. The van der Waals surface area contributed by atoms with E-state index in [1.54, 1.807) is 0 Å². The van der Waals surface area contributed by atoms with Crippen LogP contribution in [0, 0.1) is 5.92 Å². The van der Waals surface area contributed by atoms with E-state index in [4.69, 9.17) is 5.11 Å². The number of nitrogens with zero attached hydrogens (tertiary/aromatic N) is 2. The van der Waals surface area contributed by atoms with E-state index in [0.29, 0.717) is 12.0 Å². The second-order valence-corrected chi connectivity index (χ2v) is 6.87. The van der Waals surface area contributed by atoms with Gasteiger partial charge in [0.2, 0.25) is 0 Å². The first-order valence-electron chi connectivity index (χ1n) is 8.43. The van der Waals surface area contributed by atoms with Crippen molar-refractivity contribution in [2.75, 3.05) is 26.2 Å². The van der Waals surface area contributed by atoms with Gasteiger partial charge in [-0.1, -0.05) is 24.3 Å². The highest BCUT2D eigenvalue weighted by Crippen LogP contribution is 2.45. The summed E-state index contributed by atoms with van der Waals surface area (Å²) in [7, 11) is 0. The minimum absolute atomic E-state index is 0.112. The van der Waals surface area contributed by atoms with Crippen molar-refractivity contribution in [2.45, 2.75) is 38.5 Å². The van der Waals surface area contributed by atoms with Crippen LogP contribution in [0.1, 0.15) is 36.9 Å². The summed E-state index contributed by atoms with van der Waals surface area (Å²) in [5.74, 6) is -0.109. The van der Waals surface area contributed by atoms with Gasteiger partial charge in [0.25, 0.3) is 0 Å². The fourth-order valence-corrected chi connectivity index (χ4v) is 3.74. The predicted molar refractivity (Wildman–Crippen MR) is 87.0 cm³/mol. The number of carbonyl (C=O) groups is 1. The van der Waals surface area contributed by atoms with E-state index in [0.717, 1.165) is 25.2 Å². The number of carboxylic acid groups (broad SMARTS) is 1. The van der Waals surface area contributed by atoms with Crippen molar-refractivity contribution in [3.8, 4) is 0 Å². The second-order valence-electron chi connectivity index (χ2n) is 6.87. The topological polar surface area (TPSA) is 43.8 Å². The van der Waals surface area contributed by atoms with Crippen LogP contribution >= 0.6 is 0 Å². The van der Waals surface area contributed by atoms with Crippen LogP contribution in [0.5, 0.6) is 0 Å².